The Morgan fingerprint density at radius 3 is 2.38 bits per heavy atom. The lowest BCUT2D eigenvalue weighted by molar-refractivity contribution is -0.129. The minimum absolute atomic E-state index is 0.139. The van der Waals surface area contributed by atoms with Gasteiger partial charge in [0.25, 0.3) is 5.91 Å². The third-order valence-electron chi connectivity index (χ3n) is 6.24. The third kappa shape index (κ3) is 5.27. The average molecular weight is 438 g/mol. The summed E-state index contributed by atoms with van der Waals surface area (Å²) in [5.41, 5.74) is 8.57. The Balaban J connectivity index is 1.36. The zero-order valence-corrected chi connectivity index (χ0v) is 18.5. The van der Waals surface area contributed by atoms with E-state index in [-0.39, 0.29) is 11.6 Å². The normalized spacial score (nSPS) is 16.8. The molecule has 170 valence electrons. The molecule has 2 aliphatic rings. The van der Waals surface area contributed by atoms with Gasteiger partial charge in [-0.15, -0.1) is 10.2 Å². The molecule has 4 N–H and O–H groups in total. The summed E-state index contributed by atoms with van der Waals surface area (Å²) >= 11 is 0. The summed E-state index contributed by atoms with van der Waals surface area (Å²) in [7, 11) is 0. The number of carbonyl (C=O) groups excluding carboxylic acids is 2. The first-order valence-corrected chi connectivity index (χ1v) is 11.3. The minimum Gasteiger partial charge on any atom is -0.380 e. The predicted molar refractivity (Wildman–Crippen MR) is 125 cm³/mol. The number of primary amides is 1. The van der Waals surface area contributed by atoms with Crippen LogP contribution in [-0.4, -0.2) is 59.1 Å². The molecule has 2 amide bonds. The zero-order valence-electron chi connectivity index (χ0n) is 18.5. The molecule has 1 aliphatic carbocycles. The summed E-state index contributed by atoms with van der Waals surface area (Å²) in [6, 6.07) is 10.5. The van der Waals surface area contributed by atoms with Crippen LogP contribution in [0.5, 0.6) is 0 Å². The molecule has 2 heterocycles. The summed E-state index contributed by atoms with van der Waals surface area (Å²) in [6.45, 7) is 5.42. The first-order valence-electron chi connectivity index (χ1n) is 11.3. The number of nitrogens with two attached hydrogens (primary N) is 1. The van der Waals surface area contributed by atoms with Crippen molar-refractivity contribution in [1.82, 2.24) is 15.1 Å². The Morgan fingerprint density at radius 1 is 1.06 bits per heavy atom. The van der Waals surface area contributed by atoms with E-state index in [1.54, 1.807) is 6.92 Å². The second-order valence-electron chi connectivity index (χ2n) is 8.49. The van der Waals surface area contributed by atoms with Crippen LogP contribution < -0.4 is 21.3 Å². The van der Waals surface area contributed by atoms with Gasteiger partial charge in [0.2, 0.25) is 5.91 Å². The Morgan fingerprint density at radius 2 is 1.75 bits per heavy atom. The number of nitrogens with one attached hydrogen (secondary N) is 2. The van der Waals surface area contributed by atoms with Crippen molar-refractivity contribution >= 4 is 29.0 Å². The maximum atomic E-state index is 11.7. The van der Waals surface area contributed by atoms with Crippen LogP contribution in [0.2, 0.25) is 0 Å². The van der Waals surface area contributed by atoms with Gasteiger partial charge >= 0.3 is 0 Å². The minimum atomic E-state index is -0.579. The van der Waals surface area contributed by atoms with E-state index in [1.165, 1.54) is 12.8 Å². The highest BCUT2D eigenvalue weighted by Gasteiger charge is 2.20. The Hall–Kier alpha value is -3.36. The molecule has 0 unspecified atom stereocenters. The SMILES string of the molecule is CC(=O)N1CCN(c2ccc(CNc3cc(NC4CCCC4)c(C(N)=O)nn3)cc2)CC1. The van der Waals surface area contributed by atoms with Crippen LogP contribution in [0.15, 0.2) is 30.3 Å². The van der Waals surface area contributed by atoms with Gasteiger partial charge in [0.1, 0.15) is 0 Å². The fourth-order valence-corrected chi connectivity index (χ4v) is 4.36. The van der Waals surface area contributed by atoms with E-state index in [0.717, 1.165) is 50.3 Å². The van der Waals surface area contributed by atoms with Crippen molar-refractivity contribution in [3.05, 3.63) is 41.6 Å². The summed E-state index contributed by atoms with van der Waals surface area (Å²) in [5, 5.41) is 14.9. The van der Waals surface area contributed by atoms with Crippen LogP contribution >= 0.6 is 0 Å². The maximum absolute atomic E-state index is 11.7. The molecule has 1 saturated heterocycles. The van der Waals surface area contributed by atoms with Crippen molar-refractivity contribution in [3.8, 4) is 0 Å². The number of benzene rings is 1. The molecule has 2 fully saturated rings. The second-order valence-corrected chi connectivity index (χ2v) is 8.49. The number of rotatable bonds is 7. The van der Waals surface area contributed by atoms with Crippen molar-refractivity contribution in [3.63, 3.8) is 0 Å². The molecule has 9 nitrogen and oxygen atoms in total. The van der Waals surface area contributed by atoms with Crippen molar-refractivity contribution in [2.75, 3.05) is 41.7 Å². The molecule has 0 radical (unpaired) electrons. The molecule has 32 heavy (non-hydrogen) atoms. The van der Waals surface area contributed by atoms with Crippen LogP contribution in [0.3, 0.4) is 0 Å². The molecular formula is C23H31N7O2. The van der Waals surface area contributed by atoms with Crippen molar-refractivity contribution in [1.29, 1.82) is 0 Å². The van der Waals surface area contributed by atoms with Gasteiger partial charge in [-0.2, -0.15) is 0 Å². The fourth-order valence-electron chi connectivity index (χ4n) is 4.36. The van der Waals surface area contributed by atoms with Gasteiger partial charge in [0, 0.05) is 57.4 Å². The lowest BCUT2D eigenvalue weighted by Crippen LogP contribution is -2.48. The van der Waals surface area contributed by atoms with E-state index < -0.39 is 5.91 Å². The smallest absolute Gasteiger partial charge is 0.271 e. The molecule has 1 aliphatic heterocycles. The molecule has 2 aromatic rings. The van der Waals surface area contributed by atoms with E-state index in [9.17, 15) is 9.59 Å². The quantitative estimate of drug-likeness (QED) is 0.608. The van der Waals surface area contributed by atoms with E-state index in [4.69, 9.17) is 5.73 Å². The lowest BCUT2D eigenvalue weighted by atomic mass is 10.1. The second kappa shape index (κ2) is 9.84. The summed E-state index contributed by atoms with van der Waals surface area (Å²) in [5.74, 6) is 0.156. The Labute approximate surface area is 188 Å². The number of hydrogen-bond acceptors (Lipinski definition) is 7. The van der Waals surface area contributed by atoms with Gasteiger partial charge in [-0.1, -0.05) is 25.0 Å². The summed E-state index contributed by atoms with van der Waals surface area (Å²) < 4.78 is 0. The maximum Gasteiger partial charge on any atom is 0.271 e. The monoisotopic (exact) mass is 437 g/mol. The van der Waals surface area contributed by atoms with E-state index in [2.05, 4.69) is 50.0 Å². The molecule has 0 spiro atoms. The van der Waals surface area contributed by atoms with Crippen LogP contribution in [0.1, 0.15) is 48.7 Å². The van der Waals surface area contributed by atoms with Crippen molar-refractivity contribution < 1.29 is 9.59 Å². The molecule has 1 saturated carbocycles. The topological polar surface area (TPSA) is 116 Å². The fraction of sp³-hybridized carbons (Fsp3) is 0.478. The zero-order chi connectivity index (χ0) is 22.5. The molecule has 0 atom stereocenters. The number of piperazine rings is 1. The largest absolute Gasteiger partial charge is 0.380 e. The first kappa shape index (κ1) is 21.9. The molecule has 4 rings (SSSR count). The highest BCUT2D eigenvalue weighted by atomic mass is 16.2. The van der Waals surface area contributed by atoms with E-state index >= 15 is 0 Å². The average Bonchev–Trinajstić information content (AvgIpc) is 3.31. The van der Waals surface area contributed by atoms with Crippen LogP contribution in [0.25, 0.3) is 0 Å². The van der Waals surface area contributed by atoms with Gasteiger partial charge in [0.15, 0.2) is 11.5 Å². The first-order chi connectivity index (χ1) is 15.5. The number of nitrogens with zero attached hydrogens (tertiary/aromatic N) is 4. The highest BCUT2D eigenvalue weighted by molar-refractivity contribution is 5.96. The number of aromatic nitrogens is 2. The van der Waals surface area contributed by atoms with Crippen molar-refractivity contribution in [2.45, 2.75) is 45.2 Å². The van der Waals surface area contributed by atoms with Crippen LogP contribution in [-0.2, 0) is 11.3 Å². The van der Waals surface area contributed by atoms with Gasteiger partial charge in [-0.25, -0.2) is 0 Å². The number of hydrogen-bond donors (Lipinski definition) is 3. The highest BCUT2D eigenvalue weighted by Crippen LogP contribution is 2.25. The summed E-state index contributed by atoms with van der Waals surface area (Å²) in [6.07, 6.45) is 4.55. The van der Waals surface area contributed by atoms with Gasteiger partial charge < -0.3 is 26.2 Å². The number of anilines is 3. The molecule has 0 bridgehead atoms. The third-order valence-corrected chi connectivity index (χ3v) is 6.24. The Kier molecular flexibility index (Phi) is 6.72. The number of carbonyl (C=O) groups is 2. The van der Waals surface area contributed by atoms with Crippen LogP contribution in [0, 0.1) is 0 Å². The number of amides is 2. The van der Waals surface area contributed by atoms with Crippen molar-refractivity contribution in [2.24, 2.45) is 5.73 Å². The van der Waals surface area contributed by atoms with Gasteiger partial charge in [0.05, 0.1) is 5.69 Å². The van der Waals surface area contributed by atoms with E-state index in [0.29, 0.717) is 24.1 Å². The molecule has 1 aromatic carbocycles. The molecule has 9 heteroatoms. The summed E-state index contributed by atoms with van der Waals surface area (Å²) in [4.78, 5) is 27.4. The molecular weight excluding hydrogens is 406 g/mol. The Bertz CT molecular complexity index is 949. The van der Waals surface area contributed by atoms with E-state index in [1.807, 2.05) is 11.0 Å². The predicted octanol–water partition coefficient (Wildman–Crippen LogP) is 2.21. The molecule has 1 aromatic heterocycles. The van der Waals surface area contributed by atoms with Gasteiger partial charge in [-0.05, 0) is 30.5 Å². The van der Waals surface area contributed by atoms with Gasteiger partial charge in [-0.3, -0.25) is 9.59 Å². The standard InChI is InChI=1S/C23H31N7O2/c1-16(31)29-10-12-30(13-11-29)19-8-6-17(7-9-19)15-25-21-14-20(22(23(24)32)28-27-21)26-18-4-2-3-5-18/h6-9,14,18H,2-5,10-13,15H2,1H3,(H2,24,32)(H2,25,26,27). The van der Waals surface area contributed by atoms with Crippen LogP contribution in [0.4, 0.5) is 17.2 Å². The lowest BCUT2D eigenvalue weighted by Gasteiger charge is -2.35.